The number of anilines is 3. The molecule has 0 bridgehead atoms. The quantitative estimate of drug-likeness (QED) is 0.289. The molecule has 1 unspecified atom stereocenters. The molecule has 35 heavy (non-hydrogen) atoms. The second-order valence-corrected chi connectivity index (χ2v) is 7.96. The van der Waals surface area contributed by atoms with Crippen LogP contribution >= 0.6 is 11.6 Å². The third-order valence-corrected chi connectivity index (χ3v) is 5.55. The average Bonchev–Trinajstić information content (AvgIpc) is 3.38. The van der Waals surface area contributed by atoms with E-state index in [1.807, 2.05) is 0 Å². The molecule has 3 N–H and O–H groups in total. The second-order valence-electron chi connectivity index (χ2n) is 7.55. The van der Waals surface area contributed by atoms with Crippen LogP contribution in [0.5, 0.6) is 0 Å². The van der Waals surface area contributed by atoms with Gasteiger partial charge in [-0.15, -0.1) is 0 Å². The van der Waals surface area contributed by atoms with E-state index in [-0.39, 0.29) is 11.4 Å². The van der Waals surface area contributed by atoms with Gasteiger partial charge in [0.05, 0.1) is 52.1 Å². The normalized spacial score (nSPS) is 11.7. The van der Waals surface area contributed by atoms with Crippen molar-refractivity contribution in [3.8, 4) is 6.07 Å². The van der Waals surface area contributed by atoms with E-state index >= 15 is 0 Å². The van der Waals surface area contributed by atoms with Gasteiger partial charge < -0.3 is 10.6 Å². The zero-order valence-electron chi connectivity index (χ0n) is 17.8. The Morgan fingerprint density at radius 2 is 1.80 bits per heavy atom. The lowest BCUT2D eigenvalue weighted by Gasteiger charge is -2.20. The molecule has 0 saturated carbocycles. The molecule has 0 amide bonds. The lowest BCUT2D eigenvalue weighted by Crippen LogP contribution is -2.13. The van der Waals surface area contributed by atoms with Crippen LogP contribution in [0.3, 0.4) is 0 Å². The number of H-pyrrole nitrogens is 1. The molecule has 0 fully saturated rings. The Balaban J connectivity index is 1.61. The molecule has 8 nitrogen and oxygen atoms in total. The number of aromatic nitrogens is 5. The summed E-state index contributed by atoms with van der Waals surface area (Å²) in [6.45, 7) is 0. The van der Waals surface area contributed by atoms with E-state index in [9.17, 15) is 14.0 Å². The molecule has 0 aliphatic carbocycles. The number of hydrogen-bond donors (Lipinski definition) is 3. The van der Waals surface area contributed by atoms with Gasteiger partial charge in [0.2, 0.25) is 0 Å². The van der Waals surface area contributed by atoms with Gasteiger partial charge in [-0.3, -0.25) is 9.97 Å². The Bertz CT molecular complexity index is 1550. The highest BCUT2D eigenvalue weighted by Crippen LogP contribution is 2.36. The van der Waals surface area contributed by atoms with Crippen LogP contribution in [-0.4, -0.2) is 25.4 Å². The minimum Gasteiger partial charge on any atom is -0.373 e. The molecule has 0 radical (unpaired) electrons. The number of benzene rings is 2. The van der Waals surface area contributed by atoms with Gasteiger partial charge in [0.15, 0.2) is 0 Å². The largest absolute Gasteiger partial charge is 0.373 e. The van der Waals surface area contributed by atoms with E-state index in [4.69, 9.17) is 11.6 Å². The van der Waals surface area contributed by atoms with Crippen molar-refractivity contribution in [2.45, 2.75) is 6.04 Å². The van der Waals surface area contributed by atoms with Crippen LogP contribution in [0.1, 0.15) is 22.9 Å². The smallest absolute Gasteiger partial charge is 0.143 e. The minimum atomic E-state index is -0.526. The Morgan fingerprint density at radius 1 is 0.971 bits per heavy atom. The maximum Gasteiger partial charge on any atom is 0.143 e. The molecule has 0 saturated heterocycles. The third-order valence-electron chi connectivity index (χ3n) is 5.26. The van der Waals surface area contributed by atoms with Crippen LogP contribution in [0.15, 0.2) is 67.3 Å². The molecule has 2 aromatic carbocycles. The lowest BCUT2D eigenvalue weighted by molar-refractivity contribution is 0.622. The second kappa shape index (κ2) is 9.32. The van der Waals surface area contributed by atoms with Crippen LogP contribution in [-0.2, 0) is 0 Å². The summed E-state index contributed by atoms with van der Waals surface area (Å²) in [6.07, 6.45) is 5.48. The van der Waals surface area contributed by atoms with Crippen molar-refractivity contribution in [3.05, 3.63) is 101 Å². The maximum absolute atomic E-state index is 13.7. The van der Waals surface area contributed by atoms with Crippen molar-refractivity contribution in [2.75, 3.05) is 10.6 Å². The van der Waals surface area contributed by atoms with Crippen LogP contribution in [0.2, 0.25) is 5.02 Å². The van der Waals surface area contributed by atoms with Gasteiger partial charge in [-0.05, 0) is 29.8 Å². The number of fused-ring (bicyclic) bond motifs is 1. The zero-order valence-corrected chi connectivity index (χ0v) is 18.6. The molecule has 5 rings (SSSR count). The van der Waals surface area contributed by atoms with E-state index in [0.717, 1.165) is 11.8 Å². The van der Waals surface area contributed by atoms with Gasteiger partial charge in [0.25, 0.3) is 0 Å². The molecule has 0 aliphatic heterocycles. The number of rotatable bonds is 6. The maximum atomic E-state index is 13.7. The van der Waals surface area contributed by atoms with Crippen molar-refractivity contribution < 1.29 is 8.78 Å². The van der Waals surface area contributed by atoms with Crippen molar-refractivity contribution in [1.82, 2.24) is 25.4 Å². The first kappa shape index (κ1) is 22.2. The van der Waals surface area contributed by atoms with Crippen molar-refractivity contribution >= 4 is 39.6 Å². The molecule has 172 valence electrons. The zero-order chi connectivity index (χ0) is 24.4. The van der Waals surface area contributed by atoms with Gasteiger partial charge >= 0.3 is 0 Å². The van der Waals surface area contributed by atoms with Gasteiger partial charge in [-0.1, -0.05) is 23.7 Å². The number of nitriles is 1. The number of hydrogen-bond acceptors (Lipinski definition) is 7. The summed E-state index contributed by atoms with van der Waals surface area (Å²) in [4.78, 5) is 8.17. The number of pyridine rings is 2. The first-order valence-corrected chi connectivity index (χ1v) is 10.7. The molecular formula is C24H15ClF2N8. The van der Waals surface area contributed by atoms with E-state index in [2.05, 4.69) is 42.1 Å². The molecular weight excluding hydrogens is 474 g/mol. The predicted molar refractivity (Wildman–Crippen MR) is 127 cm³/mol. The van der Waals surface area contributed by atoms with Gasteiger partial charge in [-0.25, -0.2) is 8.78 Å². The van der Waals surface area contributed by atoms with Gasteiger partial charge in [-0.2, -0.15) is 20.7 Å². The fraction of sp³-hybridized carbons (Fsp3) is 0.0417. The predicted octanol–water partition coefficient (Wildman–Crippen LogP) is 5.50. The fourth-order valence-corrected chi connectivity index (χ4v) is 3.95. The number of nitrogens with zero attached hydrogens (tertiary/aromatic N) is 5. The standard InChI is InChI=1S/C24H15ClF2N8/c25-20-7-17(32-23(21-12-31-35-34-21)13-1-3-15(26)4-2-13)6-19-22(14(8-28)9-30-24(19)20)33-18-5-16(27)10-29-11-18/h1-7,9-12,23,32H,(H,30,33)(H,31,34,35). The highest BCUT2D eigenvalue weighted by Gasteiger charge is 2.19. The van der Waals surface area contributed by atoms with Crippen LogP contribution in [0.25, 0.3) is 10.9 Å². The molecule has 3 aromatic heterocycles. The van der Waals surface area contributed by atoms with Crippen LogP contribution in [0.4, 0.5) is 25.8 Å². The summed E-state index contributed by atoms with van der Waals surface area (Å²) in [7, 11) is 0. The molecule has 3 heterocycles. The van der Waals surface area contributed by atoms with E-state index in [0.29, 0.717) is 38.7 Å². The molecule has 0 spiro atoms. The first-order chi connectivity index (χ1) is 17.0. The Morgan fingerprint density at radius 3 is 2.51 bits per heavy atom. The first-order valence-electron chi connectivity index (χ1n) is 10.3. The summed E-state index contributed by atoms with van der Waals surface area (Å²) in [6, 6.07) is 12.3. The van der Waals surface area contributed by atoms with Gasteiger partial charge in [0, 0.05) is 23.3 Å². The number of aromatic amines is 1. The number of halogens is 3. The summed E-state index contributed by atoms with van der Waals surface area (Å²) < 4.78 is 27.2. The third kappa shape index (κ3) is 4.58. The summed E-state index contributed by atoms with van der Waals surface area (Å²) in [5.74, 6) is -0.888. The number of nitrogens with one attached hydrogen (secondary N) is 3. The van der Waals surface area contributed by atoms with Crippen LogP contribution < -0.4 is 10.6 Å². The van der Waals surface area contributed by atoms with Crippen LogP contribution in [0, 0.1) is 23.0 Å². The molecule has 1 atom stereocenters. The van der Waals surface area contributed by atoms with Gasteiger partial charge in [0.1, 0.15) is 23.4 Å². The van der Waals surface area contributed by atoms with E-state index in [1.54, 1.807) is 30.5 Å². The lowest BCUT2D eigenvalue weighted by atomic mass is 10.0. The fourth-order valence-electron chi connectivity index (χ4n) is 3.69. The Labute approximate surface area is 202 Å². The van der Waals surface area contributed by atoms with Crippen molar-refractivity contribution in [1.29, 1.82) is 5.26 Å². The summed E-state index contributed by atoms with van der Waals surface area (Å²) >= 11 is 6.56. The molecule has 5 aromatic rings. The Kier molecular flexibility index (Phi) is 5.91. The summed E-state index contributed by atoms with van der Waals surface area (Å²) in [5.41, 5.74) is 3.33. The highest BCUT2D eigenvalue weighted by molar-refractivity contribution is 6.36. The molecule has 0 aliphatic rings. The topological polar surface area (TPSA) is 115 Å². The minimum absolute atomic E-state index is 0.238. The van der Waals surface area contributed by atoms with Crippen molar-refractivity contribution in [2.24, 2.45) is 0 Å². The monoisotopic (exact) mass is 488 g/mol. The van der Waals surface area contributed by atoms with E-state index < -0.39 is 11.9 Å². The summed E-state index contributed by atoms with van der Waals surface area (Å²) in [5, 5.41) is 27.6. The highest BCUT2D eigenvalue weighted by atomic mass is 35.5. The average molecular weight is 489 g/mol. The van der Waals surface area contributed by atoms with Crippen molar-refractivity contribution in [3.63, 3.8) is 0 Å². The molecule has 11 heteroatoms. The van der Waals surface area contributed by atoms with E-state index in [1.165, 1.54) is 30.6 Å². The SMILES string of the molecule is N#Cc1cnc2c(Cl)cc(NC(c3ccc(F)cc3)c3cn[nH]n3)cc2c1Nc1cncc(F)c1. The Hall–Kier alpha value is -4.62.